The molecule has 160 valence electrons. The fourth-order valence-electron chi connectivity index (χ4n) is 3.42. The maximum atomic E-state index is 12.7. The fourth-order valence-corrected chi connectivity index (χ4v) is 4.00. The molecule has 2 aromatic carbocycles. The standard InChI is InChI=1S/C21H25N3O5S/c1-5-21(25)24-19(16-11-10-14(28-2)12-20(16)29-3)13-18(22-24)15-8-6-7-9-17(15)23-30(4,26)27/h6-12,19,23H,5,13H2,1-4H3/t19-/m1/s1. The van der Waals surface area contributed by atoms with Crippen LogP contribution in [-0.2, 0) is 14.8 Å². The molecule has 0 unspecified atom stereocenters. The average Bonchev–Trinajstić information content (AvgIpc) is 3.16. The van der Waals surface area contributed by atoms with Crippen LogP contribution in [0.3, 0.4) is 0 Å². The largest absolute Gasteiger partial charge is 0.497 e. The average molecular weight is 432 g/mol. The van der Waals surface area contributed by atoms with Gasteiger partial charge in [-0.2, -0.15) is 5.10 Å². The van der Waals surface area contributed by atoms with Gasteiger partial charge in [-0.3, -0.25) is 9.52 Å². The van der Waals surface area contributed by atoms with Crippen molar-refractivity contribution in [3.05, 3.63) is 53.6 Å². The van der Waals surface area contributed by atoms with Crippen molar-refractivity contribution in [2.75, 3.05) is 25.2 Å². The highest BCUT2D eigenvalue weighted by molar-refractivity contribution is 7.92. The van der Waals surface area contributed by atoms with Crippen LogP contribution in [0.15, 0.2) is 47.6 Å². The molecule has 30 heavy (non-hydrogen) atoms. The van der Waals surface area contributed by atoms with Crippen molar-refractivity contribution in [1.29, 1.82) is 0 Å². The van der Waals surface area contributed by atoms with E-state index in [4.69, 9.17) is 9.47 Å². The summed E-state index contributed by atoms with van der Waals surface area (Å²) in [4.78, 5) is 12.7. The molecule has 1 atom stereocenters. The van der Waals surface area contributed by atoms with E-state index in [0.717, 1.165) is 11.8 Å². The van der Waals surface area contributed by atoms with Gasteiger partial charge in [0.15, 0.2) is 0 Å². The van der Waals surface area contributed by atoms with E-state index < -0.39 is 10.0 Å². The summed E-state index contributed by atoms with van der Waals surface area (Å²) in [5, 5.41) is 6.03. The summed E-state index contributed by atoms with van der Waals surface area (Å²) < 4.78 is 36.9. The van der Waals surface area contributed by atoms with Gasteiger partial charge in [-0.1, -0.05) is 25.1 Å². The van der Waals surface area contributed by atoms with Crippen LogP contribution in [0.5, 0.6) is 11.5 Å². The number of carbonyl (C=O) groups excluding carboxylic acids is 1. The normalized spacial score (nSPS) is 16.2. The molecule has 0 radical (unpaired) electrons. The second-order valence-corrected chi connectivity index (χ2v) is 8.63. The van der Waals surface area contributed by atoms with Gasteiger partial charge in [-0.15, -0.1) is 0 Å². The minimum absolute atomic E-state index is 0.138. The number of hydrogen-bond donors (Lipinski definition) is 1. The first-order valence-corrected chi connectivity index (χ1v) is 11.3. The molecule has 0 aliphatic carbocycles. The van der Waals surface area contributed by atoms with Gasteiger partial charge in [-0.25, -0.2) is 13.4 Å². The van der Waals surface area contributed by atoms with Crippen molar-refractivity contribution in [3.63, 3.8) is 0 Å². The molecule has 0 saturated carbocycles. The Morgan fingerprint density at radius 1 is 1.20 bits per heavy atom. The summed E-state index contributed by atoms with van der Waals surface area (Å²) in [6.07, 6.45) is 1.80. The molecule has 0 saturated heterocycles. The third-order valence-electron chi connectivity index (χ3n) is 4.80. The van der Waals surface area contributed by atoms with Gasteiger partial charge in [0.05, 0.1) is 37.9 Å². The number of benzene rings is 2. The Morgan fingerprint density at radius 3 is 2.57 bits per heavy atom. The number of anilines is 1. The van der Waals surface area contributed by atoms with E-state index in [1.165, 1.54) is 5.01 Å². The quantitative estimate of drug-likeness (QED) is 0.726. The van der Waals surface area contributed by atoms with Crippen LogP contribution in [0, 0.1) is 0 Å². The number of ether oxygens (including phenoxy) is 2. The van der Waals surface area contributed by atoms with E-state index in [0.29, 0.717) is 34.9 Å². The zero-order valence-electron chi connectivity index (χ0n) is 17.4. The van der Waals surface area contributed by atoms with Gasteiger partial charge >= 0.3 is 0 Å². The summed E-state index contributed by atoms with van der Waals surface area (Å²) >= 11 is 0. The topological polar surface area (TPSA) is 97.3 Å². The van der Waals surface area contributed by atoms with Gasteiger partial charge in [0.2, 0.25) is 15.9 Å². The third kappa shape index (κ3) is 4.56. The second-order valence-electron chi connectivity index (χ2n) is 6.89. The van der Waals surface area contributed by atoms with Crippen molar-refractivity contribution >= 4 is 27.3 Å². The molecule has 0 spiro atoms. The van der Waals surface area contributed by atoms with Crippen LogP contribution < -0.4 is 14.2 Å². The Bertz CT molecular complexity index is 1080. The molecule has 0 aromatic heterocycles. The predicted molar refractivity (Wildman–Crippen MR) is 115 cm³/mol. The zero-order chi connectivity index (χ0) is 21.9. The molecule has 1 aliphatic heterocycles. The number of rotatable bonds is 7. The number of sulfonamides is 1. The number of carbonyl (C=O) groups is 1. The SMILES string of the molecule is CCC(=O)N1N=C(c2ccccc2NS(C)(=O)=O)C[C@@H]1c1ccc(OC)cc1OC. The number of nitrogens with zero attached hydrogens (tertiary/aromatic N) is 2. The molecule has 1 heterocycles. The monoisotopic (exact) mass is 431 g/mol. The zero-order valence-corrected chi connectivity index (χ0v) is 18.2. The Morgan fingerprint density at radius 2 is 1.93 bits per heavy atom. The maximum Gasteiger partial charge on any atom is 0.242 e. The molecule has 8 nitrogen and oxygen atoms in total. The minimum Gasteiger partial charge on any atom is -0.497 e. The second kappa shape index (κ2) is 8.74. The van der Waals surface area contributed by atoms with Crippen LogP contribution >= 0.6 is 0 Å². The van der Waals surface area contributed by atoms with Crippen molar-refractivity contribution in [2.45, 2.75) is 25.8 Å². The first-order chi connectivity index (χ1) is 14.3. The van der Waals surface area contributed by atoms with E-state index in [1.54, 1.807) is 51.5 Å². The minimum atomic E-state index is -3.47. The Hall–Kier alpha value is -3.07. The Kier molecular flexibility index (Phi) is 6.31. The predicted octanol–water partition coefficient (Wildman–Crippen LogP) is 3.16. The lowest BCUT2D eigenvalue weighted by atomic mass is 9.96. The van der Waals surface area contributed by atoms with E-state index >= 15 is 0 Å². The molecule has 2 aromatic rings. The molecule has 1 amide bonds. The van der Waals surface area contributed by atoms with Gasteiger partial charge in [0.1, 0.15) is 11.5 Å². The first-order valence-electron chi connectivity index (χ1n) is 9.46. The Labute approximate surface area is 176 Å². The van der Waals surface area contributed by atoms with Crippen LogP contribution in [0.25, 0.3) is 0 Å². The highest BCUT2D eigenvalue weighted by Gasteiger charge is 2.35. The molecular formula is C21H25N3O5S. The summed E-state index contributed by atoms with van der Waals surface area (Å²) in [7, 11) is -0.332. The first kappa shape index (κ1) is 21.6. The highest BCUT2D eigenvalue weighted by Crippen LogP contribution is 2.40. The van der Waals surface area contributed by atoms with E-state index in [9.17, 15) is 13.2 Å². The number of hydrazone groups is 1. The maximum absolute atomic E-state index is 12.7. The summed E-state index contributed by atoms with van der Waals surface area (Å²) in [5.74, 6) is 1.10. The summed E-state index contributed by atoms with van der Waals surface area (Å²) in [5.41, 5.74) is 2.47. The van der Waals surface area contributed by atoms with E-state index in [-0.39, 0.29) is 18.4 Å². The molecule has 0 bridgehead atoms. The van der Waals surface area contributed by atoms with Gasteiger partial charge in [0, 0.05) is 30.0 Å². The molecule has 9 heteroatoms. The lowest BCUT2D eigenvalue weighted by Gasteiger charge is -2.23. The fraction of sp³-hybridized carbons (Fsp3) is 0.333. The van der Waals surface area contributed by atoms with Crippen LogP contribution in [0.2, 0.25) is 0 Å². The molecule has 1 aliphatic rings. The lowest BCUT2D eigenvalue weighted by Crippen LogP contribution is -2.26. The van der Waals surface area contributed by atoms with Crippen LogP contribution in [-0.4, -0.2) is 45.5 Å². The number of para-hydroxylation sites is 1. The highest BCUT2D eigenvalue weighted by atomic mass is 32.2. The number of hydrogen-bond acceptors (Lipinski definition) is 6. The number of amides is 1. The van der Waals surface area contributed by atoms with Crippen molar-refractivity contribution in [2.24, 2.45) is 5.10 Å². The van der Waals surface area contributed by atoms with E-state index in [2.05, 4.69) is 9.82 Å². The smallest absolute Gasteiger partial charge is 0.242 e. The summed E-state index contributed by atoms with van der Waals surface area (Å²) in [6, 6.07) is 12.1. The van der Waals surface area contributed by atoms with Crippen molar-refractivity contribution in [3.8, 4) is 11.5 Å². The number of methoxy groups -OCH3 is 2. The number of nitrogens with one attached hydrogen (secondary N) is 1. The lowest BCUT2D eigenvalue weighted by molar-refractivity contribution is -0.132. The third-order valence-corrected chi connectivity index (χ3v) is 5.39. The van der Waals surface area contributed by atoms with E-state index in [1.807, 2.05) is 12.1 Å². The van der Waals surface area contributed by atoms with Crippen LogP contribution in [0.1, 0.15) is 36.9 Å². The molecular weight excluding hydrogens is 406 g/mol. The molecule has 0 fully saturated rings. The molecule has 3 rings (SSSR count). The Balaban J connectivity index is 2.05. The van der Waals surface area contributed by atoms with Gasteiger partial charge in [-0.05, 0) is 18.2 Å². The van der Waals surface area contributed by atoms with Crippen molar-refractivity contribution in [1.82, 2.24) is 5.01 Å². The summed E-state index contributed by atoms with van der Waals surface area (Å²) in [6.45, 7) is 1.78. The van der Waals surface area contributed by atoms with Gasteiger partial charge in [0.25, 0.3) is 0 Å². The molecule has 1 N–H and O–H groups in total. The van der Waals surface area contributed by atoms with Gasteiger partial charge < -0.3 is 9.47 Å². The van der Waals surface area contributed by atoms with Crippen LogP contribution in [0.4, 0.5) is 5.69 Å². The van der Waals surface area contributed by atoms with Crippen molar-refractivity contribution < 1.29 is 22.7 Å².